The van der Waals surface area contributed by atoms with Crippen molar-refractivity contribution in [3.05, 3.63) is 77.5 Å². The number of amides is 1. The van der Waals surface area contributed by atoms with E-state index in [4.69, 9.17) is 15.2 Å². The molecule has 0 spiro atoms. The zero-order chi connectivity index (χ0) is 19.2. The largest absolute Gasteiger partial charge is 0.457 e. The molecule has 0 saturated carbocycles. The van der Waals surface area contributed by atoms with Crippen LogP contribution in [0.15, 0.2) is 60.7 Å². The van der Waals surface area contributed by atoms with Crippen molar-refractivity contribution in [3.8, 4) is 11.5 Å². The van der Waals surface area contributed by atoms with Crippen LogP contribution >= 0.6 is 0 Å². The molecule has 0 saturated heterocycles. The smallest absolute Gasteiger partial charge is 0.259 e. The van der Waals surface area contributed by atoms with Crippen LogP contribution in [0, 0.1) is 6.92 Å². The minimum Gasteiger partial charge on any atom is -0.457 e. The quantitative estimate of drug-likeness (QED) is 0.687. The fourth-order valence-corrected chi connectivity index (χ4v) is 2.56. The Bertz CT molecular complexity index is 925. The third-order valence-electron chi connectivity index (χ3n) is 3.96. The molecule has 138 valence electrons. The summed E-state index contributed by atoms with van der Waals surface area (Å²) in [6.07, 6.45) is 0. The predicted molar refractivity (Wildman–Crippen MR) is 105 cm³/mol. The summed E-state index contributed by atoms with van der Waals surface area (Å²) in [4.78, 5) is 16.8. The van der Waals surface area contributed by atoms with Crippen LogP contribution in [0.2, 0.25) is 0 Å². The van der Waals surface area contributed by atoms with Crippen molar-refractivity contribution in [2.45, 2.75) is 13.5 Å². The van der Waals surface area contributed by atoms with Crippen LogP contribution in [0.5, 0.6) is 11.5 Å². The third-order valence-corrected chi connectivity index (χ3v) is 3.96. The van der Waals surface area contributed by atoms with Gasteiger partial charge in [0, 0.05) is 12.8 Å². The maximum Gasteiger partial charge on any atom is 0.259 e. The van der Waals surface area contributed by atoms with Crippen LogP contribution in [0.1, 0.15) is 21.6 Å². The molecule has 3 aromatic rings. The Labute approximate surface area is 158 Å². The first-order valence-corrected chi connectivity index (χ1v) is 8.46. The molecule has 3 rings (SSSR count). The van der Waals surface area contributed by atoms with E-state index in [-0.39, 0.29) is 11.7 Å². The number of methoxy groups -OCH3 is 1. The number of para-hydroxylation sites is 1. The standard InChI is InChI=1S/C21H21N3O3/c1-14-12-18(20(22)24-19(14)13-26-2)21(25)23-15-8-10-17(11-9-15)27-16-6-4-3-5-7-16/h3-12H,13H2,1-2H3,(H2,22,24)(H,23,25). The molecule has 0 aliphatic heterocycles. The predicted octanol–water partition coefficient (Wildman–Crippen LogP) is 4.16. The van der Waals surface area contributed by atoms with Crippen molar-refractivity contribution in [2.75, 3.05) is 18.2 Å². The van der Waals surface area contributed by atoms with Crippen LogP contribution < -0.4 is 15.8 Å². The zero-order valence-electron chi connectivity index (χ0n) is 15.2. The summed E-state index contributed by atoms with van der Waals surface area (Å²) in [5.41, 5.74) is 8.47. The molecule has 1 heterocycles. The number of ether oxygens (including phenoxy) is 2. The van der Waals surface area contributed by atoms with Crippen LogP contribution in [0.25, 0.3) is 0 Å². The van der Waals surface area contributed by atoms with E-state index in [1.54, 1.807) is 37.4 Å². The summed E-state index contributed by atoms with van der Waals surface area (Å²) in [5, 5.41) is 2.82. The number of anilines is 2. The second kappa shape index (κ2) is 8.33. The molecule has 3 N–H and O–H groups in total. The van der Waals surface area contributed by atoms with Gasteiger partial charge in [0.1, 0.15) is 17.3 Å². The first-order chi connectivity index (χ1) is 13.1. The summed E-state index contributed by atoms with van der Waals surface area (Å²) in [5.74, 6) is 1.29. The highest BCUT2D eigenvalue weighted by Crippen LogP contribution is 2.23. The Morgan fingerprint density at radius 1 is 1.07 bits per heavy atom. The topological polar surface area (TPSA) is 86.5 Å². The van der Waals surface area contributed by atoms with Crippen molar-refractivity contribution in [1.29, 1.82) is 0 Å². The van der Waals surface area contributed by atoms with Gasteiger partial charge in [0.25, 0.3) is 5.91 Å². The van der Waals surface area contributed by atoms with Crippen LogP contribution in [0.4, 0.5) is 11.5 Å². The molecular formula is C21H21N3O3. The molecule has 0 fully saturated rings. The number of hydrogen-bond acceptors (Lipinski definition) is 5. The maximum absolute atomic E-state index is 12.5. The van der Waals surface area contributed by atoms with Crippen molar-refractivity contribution in [3.63, 3.8) is 0 Å². The van der Waals surface area contributed by atoms with Gasteiger partial charge in [0.2, 0.25) is 0 Å². The number of aryl methyl sites for hydroxylation is 1. The first kappa shape index (κ1) is 18.4. The number of nitrogens with one attached hydrogen (secondary N) is 1. The summed E-state index contributed by atoms with van der Waals surface area (Å²) in [6, 6.07) is 18.3. The van der Waals surface area contributed by atoms with Crippen molar-refractivity contribution < 1.29 is 14.3 Å². The lowest BCUT2D eigenvalue weighted by molar-refractivity contribution is 0.102. The number of nitrogens with zero attached hydrogens (tertiary/aromatic N) is 1. The molecule has 0 radical (unpaired) electrons. The molecule has 0 aliphatic carbocycles. The molecule has 1 amide bonds. The molecule has 0 unspecified atom stereocenters. The zero-order valence-corrected chi connectivity index (χ0v) is 15.2. The minimum absolute atomic E-state index is 0.175. The Balaban J connectivity index is 1.70. The number of nitrogens with two attached hydrogens (primary N) is 1. The van der Waals surface area contributed by atoms with Gasteiger partial charge in [-0.15, -0.1) is 0 Å². The van der Waals surface area contributed by atoms with Gasteiger partial charge in [-0.2, -0.15) is 0 Å². The molecule has 6 heteroatoms. The van der Waals surface area contributed by atoms with E-state index in [1.807, 2.05) is 37.3 Å². The molecule has 2 aromatic carbocycles. The summed E-state index contributed by atoms with van der Waals surface area (Å²) in [6.45, 7) is 2.22. The average molecular weight is 363 g/mol. The molecule has 0 aliphatic rings. The number of hydrogen-bond donors (Lipinski definition) is 2. The second-order valence-electron chi connectivity index (χ2n) is 6.01. The van der Waals surface area contributed by atoms with Gasteiger partial charge in [-0.05, 0) is 55.0 Å². The van der Waals surface area contributed by atoms with Gasteiger partial charge >= 0.3 is 0 Å². The summed E-state index contributed by atoms with van der Waals surface area (Å²) in [7, 11) is 1.59. The van der Waals surface area contributed by atoms with Gasteiger partial charge < -0.3 is 20.5 Å². The Morgan fingerprint density at radius 2 is 1.74 bits per heavy atom. The molecule has 27 heavy (non-hydrogen) atoms. The SMILES string of the molecule is COCc1nc(N)c(C(=O)Nc2ccc(Oc3ccccc3)cc2)cc1C. The fraction of sp³-hybridized carbons (Fsp3) is 0.143. The Kier molecular flexibility index (Phi) is 5.68. The summed E-state index contributed by atoms with van der Waals surface area (Å²) < 4.78 is 10.8. The number of nitrogen functional groups attached to an aromatic ring is 1. The molecular weight excluding hydrogens is 342 g/mol. The molecule has 0 bridgehead atoms. The van der Waals surface area contributed by atoms with Gasteiger partial charge in [-0.3, -0.25) is 4.79 Å². The second-order valence-corrected chi connectivity index (χ2v) is 6.01. The van der Waals surface area contributed by atoms with Crippen LogP contribution in [-0.2, 0) is 11.3 Å². The molecule has 6 nitrogen and oxygen atoms in total. The highest BCUT2D eigenvalue weighted by Gasteiger charge is 2.14. The van der Waals surface area contributed by atoms with Crippen molar-refractivity contribution in [1.82, 2.24) is 4.98 Å². The van der Waals surface area contributed by atoms with Gasteiger partial charge in [-0.1, -0.05) is 18.2 Å². The van der Waals surface area contributed by atoms with Crippen molar-refractivity contribution >= 4 is 17.4 Å². The number of carbonyl (C=O) groups excluding carboxylic acids is 1. The lowest BCUT2D eigenvalue weighted by Gasteiger charge is -2.11. The van der Waals surface area contributed by atoms with E-state index < -0.39 is 0 Å². The normalized spacial score (nSPS) is 10.4. The highest BCUT2D eigenvalue weighted by molar-refractivity contribution is 6.07. The monoisotopic (exact) mass is 363 g/mol. The average Bonchev–Trinajstić information content (AvgIpc) is 2.67. The lowest BCUT2D eigenvalue weighted by Crippen LogP contribution is -2.16. The first-order valence-electron chi connectivity index (χ1n) is 8.46. The van der Waals surface area contributed by atoms with E-state index in [9.17, 15) is 4.79 Å². The minimum atomic E-state index is -0.316. The number of rotatable bonds is 6. The fourth-order valence-electron chi connectivity index (χ4n) is 2.56. The highest BCUT2D eigenvalue weighted by atomic mass is 16.5. The molecule has 1 aromatic heterocycles. The number of carbonyl (C=O) groups is 1. The Hall–Kier alpha value is -3.38. The van der Waals surface area contributed by atoms with E-state index in [0.29, 0.717) is 29.3 Å². The molecule has 0 atom stereocenters. The van der Waals surface area contributed by atoms with Gasteiger partial charge in [0.15, 0.2) is 0 Å². The van der Waals surface area contributed by atoms with E-state index in [0.717, 1.165) is 11.3 Å². The lowest BCUT2D eigenvalue weighted by atomic mass is 10.1. The third kappa shape index (κ3) is 4.62. The van der Waals surface area contributed by atoms with Crippen LogP contribution in [-0.4, -0.2) is 18.0 Å². The Morgan fingerprint density at radius 3 is 2.41 bits per heavy atom. The van der Waals surface area contributed by atoms with Gasteiger partial charge in [0.05, 0.1) is 17.9 Å². The van der Waals surface area contributed by atoms with E-state index in [2.05, 4.69) is 10.3 Å². The maximum atomic E-state index is 12.5. The van der Waals surface area contributed by atoms with Crippen molar-refractivity contribution in [2.24, 2.45) is 0 Å². The van der Waals surface area contributed by atoms with E-state index >= 15 is 0 Å². The van der Waals surface area contributed by atoms with Crippen LogP contribution in [0.3, 0.4) is 0 Å². The number of aromatic nitrogens is 1. The number of pyridine rings is 1. The van der Waals surface area contributed by atoms with E-state index in [1.165, 1.54) is 0 Å². The van der Waals surface area contributed by atoms with Gasteiger partial charge in [-0.25, -0.2) is 4.98 Å². The number of benzene rings is 2. The summed E-state index contributed by atoms with van der Waals surface area (Å²) >= 11 is 0.